The summed E-state index contributed by atoms with van der Waals surface area (Å²) >= 11 is 0. The van der Waals surface area contributed by atoms with Gasteiger partial charge < -0.3 is 14.8 Å². The predicted octanol–water partition coefficient (Wildman–Crippen LogP) is 4.99. The molecule has 0 fully saturated rings. The molecule has 0 aliphatic rings. The summed E-state index contributed by atoms with van der Waals surface area (Å²) in [4.78, 5) is 19.4. The van der Waals surface area contributed by atoms with Gasteiger partial charge in [0.15, 0.2) is 0 Å². The Morgan fingerprint density at radius 1 is 1.06 bits per heavy atom. The van der Waals surface area contributed by atoms with Crippen LogP contribution in [0.15, 0.2) is 60.8 Å². The van der Waals surface area contributed by atoms with Gasteiger partial charge in [-0.15, -0.1) is 0 Å². The van der Waals surface area contributed by atoms with Crippen LogP contribution in [0.2, 0.25) is 0 Å². The fraction of sp³-hybridized carbons (Fsp3) is 0.167. The zero-order valence-corrected chi connectivity index (χ0v) is 17.5. The van der Waals surface area contributed by atoms with Crippen molar-refractivity contribution in [3.05, 3.63) is 89.2 Å². The van der Waals surface area contributed by atoms with E-state index >= 15 is 0 Å². The number of rotatable bonds is 5. The third-order valence-corrected chi connectivity index (χ3v) is 5.13. The van der Waals surface area contributed by atoms with Crippen molar-refractivity contribution in [1.29, 1.82) is 0 Å². The lowest BCUT2D eigenvalue weighted by Gasteiger charge is -2.15. The van der Waals surface area contributed by atoms with Crippen LogP contribution in [0, 0.1) is 18.6 Å². The molecule has 0 bridgehead atoms. The number of fused-ring (bicyclic) bond motifs is 1. The van der Waals surface area contributed by atoms with Crippen molar-refractivity contribution < 1.29 is 13.6 Å². The van der Waals surface area contributed by atoms with Crippen molar-refractivity contribution in [2.24, 2.45) is 0 Å². The van der Waals surface area contributed by atoms with Gasteiger partial charge in [-0.2, -0.15) is 0 Å². The first-order valence-electron chi connectivity index (χ1n) is 9.80. The molecule has 1 amide bonds. The molecule has 4 aromatic rings. The molecule has 31 heavy (non-hydrogen) atoms. The number of nitrogens with one attached hydrogen (secondary N) is 1. The minimum Gasteiger partial charge on any atom is -0.363 e. The molecule has 0 aliphatic carbocycles. The molecule has 0 unspecified atom stereocenters. The molecular weight excluding hydrogens is 398 g/mol. The Balaban J connectivity index is 1.73. The molecule has 0 saturated carbocycles. The number of amides is 1. The first-order valence-corrected chi connectivity index (χ1v) is 9.80. The summed E-state index contributed by atoms with van der Waals surface area (Å²) in [5.74, 6) is -0.308. The Labute approximate surface area is 178 Å². The van der Waals surface area contributed by atoms with E-state index < -0.39 is 0 Å². The number of hydrogen-bond donors (Lipinski definition) is 1. The van der Waals surface area contributed by atoms with Crippen LogP contribution in [0.1, 0.15) is 21.6 Å². The van der Waals surface area contributed by atoms with Crippen molar-refractivity contribution in [3.63, 3.8) is 0 Å². The van der Waals surface area contributed by atoms with Crippen molar-refractivity contribution in [2.45, 2.75) is 13.5 Å². The van der Waals surface area contributed by atoms with Crippen LogP contribution in [0.5, 0.6) is 0 Å². The second-order valence-electron chi connectivity index (χ2n) is 7.65. The minimum absolute atomic E-state index is 0.270. The molecule has 158 valence electrons. The highest BCUT2D eigenvalue weighted by Gasteiger charge is 2.18. The number of aryl methyl sites for hydroxylation is 1. The largest absolute Gasteiger partial charge is 0.363 e. The van der Waals surface area contributed by atoms with E-state index in [1.165, 1.54) is 24.3 Å². The van der Waals surface area contributed by atoms with E-state index in [1.54, 1.807) is 35.0 Å². The highest BCUT2D eigenvalue weighted by Crippen LogP contribution is 2.25. The van der Waals surface area contributed by atoms with Crippen LogP contribution < -0.4 is 10.2 Å². The van der Waals surface area contributed by atoms with Crippen LogP contribution >= 0.6 is 0 Å². The van der Waals surface area contributed by atoms with Gasteiger partial charge in [0.1, 0.15) is 23.1 Å². The van der Waals surface area contributed by atoms with Crippen LogP contribution in [-0.4, -0.2) is 29.6 Å². The van der Waals surface area contributed by atoms with Crippen molar-refractivity contribution in [1.82, 2.24) is 9.55 Å². The lowest BCUT2D eigenvalue weighted by molar-refractivity contribution is 0.101. The normalized spacial score (nSPS) is 11.0. The SMILES string of the molecule is Cc1cc(N(C)C)ncc1NC(=O)c1cc2cc(F)ccc2n1Cc1cccc(F)c1. The van der Waals surface area contributed by atoms with Gasteiger partial charge in [-0.05, 0) is 60.5 Å². The number of benzene rings is 2. The van der Waals surface area contributed by atoms with E-state index in [2.05, 4.69) is 10.3 Å². The van der Waals surface area contributed by atoms with E-state index in [0.717, 1.165) is 11.4 Å². The van der Waals surface area contributed by atoms with Gasteiger partial charge in [0.2, 0.25) is 0 Å². The fourth-order valence-corrected chi connectivity index (χ4v) is 3.52. The highest BCUT2D eigenvalue weighted by molar-refractivity contribution is 6.06. The van der Waals surface area contributed by atoms with Crippen LogP contribution in [0.3, 0.4) is 0 Å². The molecule has 4 rings (SSSR count). The third kappa shape index (κ3) is 4.26. The smallest absolute Gasteiger partial charge is 0.272 e. The molecule has 0 saturated heterocycles. The standard InChI is InChI=1S/C24H22F2N4O/c1-15-9-23(29(2)3)27-13-20(15)28-24(31)22-12-17-11-19(26)7-8-21(17)30(22)14-16-5-4-6-18(25)10-16/h4-13H,14H2,1-3H3,(H,28,31). The van der Waals surface area contributed by atoms with Crippen molar-refractivity contribution in [2.75, 3.05) is 24.3 Å². The summed E-state index contributed by atoms with van der Waals surface area (Å²) in [7, 11) is 3.79. The number of carbonyl (C=O) groups is 1. The average Bonchev–Trinajstić information content (AvgIpc) is 3.06. The molecule has 7 heteroatoms. The van der Waals surface area contributed by atoms with Crippen LogP contribution in [-0.2, 0) is 6.54 Å². The van der Waals surface area contributed by atoms with Gasteiger partial charge in [-0.3, -0.25) is 4.79 Å². The minimum atomic E-state index is -0.387. The fourth-order valence-electron chi connectivity index (χ4n) is 3.52. The van der Waals surface area contributed by atoms with E-state index in [4.69, 9.17) is 0 Å². The van der Waals surface area contributed by atoms with E-state index in [0.29, 0.717) is 27.8 Å². The van der Waals surface area contributed by atoms with Crippen LogP contribution in [0.25, 0.3) is 10.9 Å². The number of aromatic nitrogens is 2. The molecule has 2 heterocycles. The number of halogens is 2. The molecule has 0 atom stereocenters. The quantitative estimate of drug-likeness (QED) is 0.495. The Morgan fingerprint density at radius 3 is 2.55 bits per heavy atom. The summed E-state index contributed by atoms with van der Waals surface area (Å²) in [6.07, 6.45) is 1.61. The number of carbonyl (C=O) groups excluding carboxylic acids is 1. The highest BCUT2D eigenvalue weighted by atomic mass is 19.1. The molecule has 0 radical (unpaired) electrons. The van der Waals surface area contributed by atoms with Gasteiger partial charge in [-0.1, -0.05) is 12.1 Å². The third-order valence-electron chi connectivity index (χ3n) is 5.13. The lowest BCUT2D eigenvalue weighted by Crippen LogP contribution is -2.19. The zero-order valence-electron chi connectivity index (χ0n) is 17.5. The van der Waals surface area contributed by atoms with Gasteiger partial charge in [0, 0.05) is 31.5 Å². The second-order valence-corrected chi connectivity index (χ2v) is 7.65. The summed E-state index contributed by atoms with van der Waals surface area (Å²) in [5.41, 5.74) is 3.19. The second kappa shape index (κ2) is 8.18. The summed E-state index contributed by atoms with van der Waals surface area (Å²) < 4.78 is 29.2. The number of nitrogens with zero attached hydrogens (tertiary/aromatic N) is 3. The average molecular weight is 420 g/mol. The van der Waals surface area contributed by atoms with Gasteiger partial charge >= 0.3 is 0 Å². The molecule has 0 spiro atoms. The van der Waals surface area contributed by atoms with Crippen LogP contribution in [0.4, 0.5) is 20.3 Å². The Hall–Kier alpha value is -3.74. The predicted molar refractivity (Wildman–Crippen MR) is 119 cm³/mol. The Morgan fingerprint density at radius 2 is 1.84 bits per heavy atom. The summed E-state index contributed by atoms with van der Waals surface area (Å²) in [6.45, 7) is 2.16. The van der Waals surface area contributed by atoms with Gasteiger partial charge in [0.25, 0.3) is 5.91 Å². The number of pyridine rings is 1. The zero-order chi connectivity index (χ0) is 22.1. The van der Waals surface area contributed by atoms with Gasteiger partial charge in [-0.25, -0.2) is 13.8 Å². The van der Waals surface area contributed by atoms with Crippen molar-refractivity contribution >= 4 is 28.3 Å². The van der Waals surface area contributed by atoms with Crippen molar-refractivity contribution in [3.8, 4) is 0 Å². The lowest BCUT2D eigenvalue weighted by atomic mass is 10.2. The number of hydrogen-bond acceptors (Lipinski definition) is 3. The van der Waals surface area contributed by atoms with E-state index in [9.17, 15) is 13.6 Å². The molecule has 2 aromatic carbocycles. The molecular formula is C24H22F2N4O. The summed E-state index contributed by atoms with van der Waals surface area (Å²) in [6, 6.07) is 14.1. The molecule has 2 aromatic heterocycles. The Kier molecular flexibility index (Phi) is 5.42. The first kappa shape index (κ1) is 20.5. The maximum atomic E-state index is 13.8. The topological polar surface area (TPSA) is 50.2 Å². The molecule has 1 N–H and O–H groups in total. The summed E-state index contributed by atoms with van der Waals surface area (Å²) in [5, 5.41) is 3.49. The van der Waals surface area contributed by atoms with E-state index in [1.807, 2.05) is 32.0 Å². The molecule has 0 aliphatic heterocycles. The monoisotopic (exact) mass is 420 g/mol. The van der Waals surface area contributed by atoms with Gasteiger partial charge in [0.05, 0.1) is 11.9 Å². The molecule has 5 nitrogen and oxygen atoms in total. The Bertz CT molecular complexity index is 1280. The van der Waals surface area contributed by atoms with E-state index in [-0.39, 0.29) is 24.1 Å². The first-order chi connectivity index (χ1) is 14.8. The maximum Gasteiger partial charge on any atom is 0.272 e. The maximum absolute atomic E-state index is 13.8. The number of anilines is 2.